The Bertz CT molecular complexity index is 396. The van der Waals surface area contributed by atoms with Crippen LogP contribution in [0.15, 0.2) is 6.07 Å². The lowest BCUT2D eigenvalue weighted by atomic mass is 10.2. The maximum Gasteiger partial charge on any atom is 0.341 e. The quantitative estimate of drug-likeness (QED) is 0.798. The Kier molecular flexibility index (Phi) is 3.03. The summed E-state index contributed by atoms with van der Waals surface area (Å²) < 4.78 is 29.3. The van der Waals surface area contributed by atoms with Gasteiger partial charge in [-0.1, -0.05) is 0 Å². The fraction of sp³-hybridized carbons (Fsp3) is 0.250. The zero-order valence-electron chi connectivity index (χ0n) is 7.70. The van der Waals surface area contributed by atoms with E-state index in [0.29, 0.717) is 0 Å². The summed E-state index contributed by atoms with van der Waals surface area (Å²) in [5.74, 6) is -2.13. The van der Waals surface area contributed by atoms with E-state index in [4.69, 9.17) is 10.8 Å². The second-order valence-corrected chi connectivity index (χ2v) is 2.63. The van der Waals surface area contributed by atoms with E-state index in [9.17, 15) is 13.6 Å². The van der Waals surface area contributed by atoms with Crippen LogP contribution in [0.25, 0.3) is 0 Å². The molecule has 15 heavy (non-hydrogen) atoms. The summed E-state index contributed by atoms with van der Waals surface area (Å²) in [5, 5.41) is 8.69. The van der Waals surface area contributed by atoms with Gasteiger partial charge in [-0.05, 0) is 6.07 Å². The molecule has 82 valence electrons. The second kappa shape index (κ2) is 4.07. The molecular weight excluding hydrogens is 210 g/mol. The van der Waals surface area contributed by atoms with Gasteiger partial charge in [-0.2, -0.15) is 4.98 Å². The van der Waals surface area contributed by atoms with Crippen molar-refractivity contribution < 1.29 is 23.4 Å². The molecule has 0 amide bonds. The van der Waals surface area contributed by atoms with Crippen LogP contribution in [0.4, 0.5) is 14.6 Å². The fourth-order valence-electron chi connectivity index (χ4n) is 1.01. The van der Waals surface area contributed by atoms with E-state index >= 15 is 0 Å². The first-order valence-electron chi connectivity index (χ1n) is 3.83. The Balaban J connectivity index is 3.37. The summed E-state index contributed by atoms with van der Waals surface area (Å²) in [6, 6.07) is 0.758. The molecule has 7 heteroatoms. The first-order chi connectivity index (χ1) is 6.97. The molecule has 0 atom stereocenters. The van der Waals surface area contributed by atoms with Crippen molar-refractivity contribution in [1.29, 1.82) is 0 Å². The molecule has 1 aromatic heterocycles. The number of nitrogens with two attached hydrogens (primary N) is 1. The number of carboxylic acids is 1. The number of hydrogen-bond donors (Lipinski definition) is 2. The third-order valence-corrected chi connectivity index (χ3v) is 1.71. The number of halogens is 2. The van der Waals surface area contributed by atoms with Crippen molar-refractivity contribution in [3.8, 4) is 5.88 Å². The Labute approximate surface area is 83.5 Å². The number of aromatic nitrogens is 1. The van der Waals surface area contributed by atoms with Crippen molar-refractivity contribution in [2.75, 3.05) is 12.8 Å². The van der Waals surface area contributed by atoms with Crippen LogP contribution in [-0.4, -0.2) is 23.2 Å². The summed E-state index contributed by atoms with van der Waals surface area (Å²) in [6.07, 6.45) is -2.87. The highest BCUT2D eigenvalue weighted by Gasteiger charge is 2.20. The van der Waals surface area contributed by atoms with E-state index in [0.717, 1.165) is 6.07 Å². The predicted molar refractivity (Wildman–Crippen MR) is 47.1 cm³/mol. The maximum absolute atomic E-state index is 12.4. The molecule has 0 aliphatic heterocycles. The number of rotatable bonds is 3. The van der Waals surface area contributed by atoms with Gasteiger partial charge >= 0.3 is 5.97 Å². The number of nitrogens with zero attached hydrogens (tertiary/aromatic N) is 1. The van der Waals surface area contributed by atoms with Crippen molar-refractivity contribution in [2.24, 2.45) is 0 Å². The second-order valence-electron chi connectivity index (χ2n) is 2.63. The molecule has 1 aromatic rings. The number of anilines is 1. The van der Waals surface area contributed by atoms with Crippen LogP contribution < -0.4 is 10.5 Å². The van der Waals surface area contributed by atoms with Crippen LogP contribution >= 0.6 is 0 Å². The average Bonchev–Trinajstić information content (AvgIpc) is 2.16. The van der Waals surface area contributed by atoms with Gasteiger partial charge in [-0.25, -0.2) is 13.6 Å². The van der Waals surface area contributed by atoms with Crippen LogP contribution in [0.2, 0.25) is 0 Å². The van der Waals surface area contributed by atoms with Crippen LogP contribution in [-0.2, 0) is 0 Å². The van der Waals surface area contributed by atoms with Crippen LogP contribution in [0.1, 0.15) is 22.3 Å². The van der Waals surface area contributed by atoms with E-state index in [-0.39, 0.29) is 5.88 Å². The molecule has 0 aromatic carbocycles. The number of hydrogen-bond acceptors (Lipinski definition) is 4. The topological polar surface area (TPSA) is 85.4 Å². The van der Waals surface area contributed by atoms with Crippen LogP contribution in [0.5, 0.6) is 5.88 Å². The van der Waals surface area contributed by atoms with E-state index in [2.05, 4.69) is 9.72 Å². The number of pyridine rings is 1. The molecule has 0 aliphatic rings. The Morgan fingerprint density at radius 3 is 2.67 bits per heavy atom. The summed E-state index contributed by atoms with van der Waals surface area (Å²) in [6.45, 7) is 0. The third kappa shape index (κ3) is 2.12. The summed E-state index contributed by atoms with van der Waals surface area (Å²) in [5.41, 5.74) is 4.14. The lowest BCUT2D eigenvalue weighted by molar-refractivity contribution is 0.0692. The van der Waals surface area contributed by atoms with E-state index < -0.39 is 29.3 Å². The highest BCUT2D eigenvalue weighted by molar-refractivity contribution is 5.90. The van der Waals surface area contributed by atoms with Gasteiger partial charge in [-0.3, -0.25) is 0 Å². The van der Waals surface area contributed by atoms with E-state index in [1.54, 1.807) is 0 Å². The van der Waals surface area contributed by atoms with Crippen molar-refractivity contribution in [2.45, 2.75) is 6.43 Å². The standard InChI is InChI=1S/C8H8F2N2O3/c1-15-7-4(8(13)14)2-3(5(9)10)6(11)12-7/h2,5H,1H3,(H2,11,12)(H,13,14). The third-order valence-electron chi connectivity index (χ3n) is 1.71. The first-order valence-corrected chi connectivity index (χ1v) is 3.83. The molecule has 5 nitrogen and oxygen atoms in total. The molecule has 0 saturated carbocycles. The Hall–Kier alpha value is -1.92. The van der Waals surface area contributed by atoms with Crippen LogP contribution in [0, 0.1) is 0 Å². The molecule has 0 saturated heterocycles. The van der Waals surface area contributed by atoms with Crippen LogP contribution in [0.3, 0.4) is 0 Å². The highest BCUT2D eigenvalue weighted by Crippen LogP contribution is 2.28. The number of alkyl halides is 2. The van der Waals surface area contributed by atoms with E-state index in [1.165, 1.54) is 7.11 Å². The molecule has 0 bridgehead atoms. The zero-order valence-corrected chi connectivity index (χ0v) is 7.70. The van der Waals surface area contributed by atoms with Gasteiger partial charge in [0.1, 0.15) is 11.4 Å². The Morgan fingerprint density at radius 1 is 1.67 bits per heavy atom. The number of aromatic carboxylic acids is 1. The minimum Gasteiger partial charge on any atom is -0.480 e. The molecule has 0 fully saturated rings. The molecule has 0 spiro atoms. The predicted octanol–water partition coefficient (Wildman–Crippen LogP) is 1.31. The molecule has 0 radical (unpaired) electrons. The van der Waals surface area contributed by atoms with Gasteiger partial charge in [0.2, 0.25) is 5.88 Å². The van der Waals surface area contributed by atoms with Crippen molar-refractivity contribution in [3.63, 3.8) is 0 Å². The smallest absolute Gasteiger partial charge is 0.341 e. The lowest BCUT2D eigenvalue weighted by Gasteiger charge is -2.08. The average molecular weight is 218 g/mol. The minimum atomic E-state index is -2.87. The molecule has 0 unspecified atom stereocenters. The summed E-state index contributed by atoms with van der Waals surface area (Å²) in [4.78, 5) is 14.1. The van der Waals surface area contributed by atoms with Gasteiger partial charge in [0.05, 0.1) is 12.7 Å². The lowest BCUT2D eigenvalue weighted by Crippen LogP contribution is -2.07. The minimum absolute atomic E-state index is 0.288. The highest BCUT2D eigenvalue weighted by atomic mass is 19.3. The van der Waals surface area contributed by atoms with E-state index in [1.807, 2.05) is 0 Å². The fourth-order valence-corrected chi connectivity index (χ4v) is 1.01. The molecule has 0 aliphatic carbocycles. The summed E-state index contributed by atoms with van der Waals surface area (Å²) >= 11 is 0. The molecule has 1 heterocycles. The van der Waals surface area contributed by atoms with Gasteiger partial charge in [0.15, 0.2) is 0 Å². The van der Waals surface area contributed by atoms with Crippen molar-refractivity contribution in [1.82, 2.24) is 4.98 Å². The zero-order chi connectivity index (χ0) is 11.6. The Morgan fingerprint density at radius 2 is 2.27 bits per heavy atom. The monoisotopic (exact) mass is 218 g/mol. The summed E-state index contributed by atoms with van der Waals surface area (Å²) in [7, 11) is 1.18. The maximum atomic E-state index is 12.4. The first kappa shape index (κ1) is 11.2. The number of methoxy groups -OCH3 is 1. The number of ether oxygens (including phenoxy) is 1. The largest absolute Gasteiger partial charge is 0.480 e. The molecular formula is C8H8F2N2O3. The van der Waals surface area contributed by atoms with Gasteiger partial charge in [0.25, 0.3) is 6.43 Å². The van der Waals surface area contributed by atoms with Gasteiger partial charge in [0, 0.05) is 0 Å². The number of carbonyl (C=O) groups is 1. The number of nitrogen functional groups attached to an aromatic ring is 1. The van der Waals surface area contributed by atoms with Gasteiger partial charge < -0.3 is 15.6 Å². The SMILES string of the molecule is COc1nc(N)c(C(F)F)cc1C(=O)O. The van der Waals surface area contributed by atoms with Crippen molar-refractivity contribution in [3.05, 3.63) is 17.2 Å². The van der Waals surface area contributed by atoms with Crippen molar-refractivity contribution >= 4 is 11.8 Å². The van der Waals surface area contributed by atoms with Gasteiger partial charge in [-0.15, -0.1) is 0 Å². The molecule has 1 rings (SSSR count). The normalized spacial score (nSPS) is 10.4. The number of carboxylic acid groups (broad SMARTS) is 1. The molecule has 3 N–H and O–H groups in total.